The Hall–Kier alpha value is -1.38. The molecule has 0 saturated heterocycles. The highest BCUT2D eigenvalue weighted by molar-refractivity contribution is 5.42. The zero-order valence-electron chi connectivity index (χ0n) is 14.0. The Kier molecular flexibility index (Phi) is 6.74. The average Bonchev–Trinajstić information content (AvgIpc) is 2.74. The van der Waals surface area contributed by atoms with Crippen LogP contribution in [0.1, 0.15) is 65.5 Å². The van der Waals surface area contributed by atoms with Gasteiger partial charge in [-0.2, -0.15) is 5.10 Å². The maximum absolute atomic E-state index is 4.63. The lowest BCUT2D eigenvalue weighted by Crippen LogP contribution is -2.15. The molecule has 2 aromatic heterocycles. The van der Waals surface area contributed by atoms with Gasteiger partial charge in [0.1, 0.15) is 0 Å². The summed E-state index contributed by atoms with van der Waals surface area (Å²) in [5.41, 5.74) is 4.30. The minimum Gasteiger partial charge on any atom is -0.233 e. The van der Waals surface area contributed by atoms with Gasteiger partial charge in [-0.05, 0) is 19.9 Å². The van der Waals surface area contributed by atoms with Gasteiger partial charge in [-0.3, -0.25) is 0 Å². The van der Waals surface area contributed by atoms with Crippen molar-refractivity contribution in [3.8, 4) is 0 Å². The third-order valence-corrected chi connectivity index (χ3v) is 2.50. The van der Waals surface area contributed by atoms with E-state index >= 15 is 0 Å². The molecule has 2 heterocycles. The van der Waals surface area contributed by atoms with Crippen LogP contribution < -0.4 is 0 Å². The van der Waals surface area contributed by atoms with Gasteiger partial charge in [0.25, 0.3) is 0 Å². The van der Waals surface area contributed by atoms with E-state index in [2.05, 4.69) is 43.8 Å². The Bertz CT molecular complexity index is 504. The van der Waals surface area contributed by atoms with E-state index in [1.54, 1.807) is 0 Å². The predicted molar refractivity (Wildman–Crippen MR) is 83.9 cm³/mol. The molecule has 0 aromatic carbocycles. The second kappa shape index (κ2) is 7.27. The molecule has 0 aliphatic rings. The lowest BCUT2D eigenvalue weighted by molar-refractivity contribution is 0.566. The number of nitrogens with zero attached hydrogens (tertiary/aromatic N) is 3. The van der Waals surface area contributed by atoms with E-state index in [1.807, 2.05) is 45.2 Å². The molecule has 0 aliphatic heterocycles. The highest BCUT2D eigenvalue weighted by atomic mass is 15.3. The van der Waals surface area contributed by atoms with Crippen LogP contribution >= 0.6 is 0 Å². The molecule has 0 N–H and O–H groups in total. The molecule has 3 heteroatoms. The first-order valence-corrected chi connectivity index (χ1v) is 7.22. The molecule has 0 saturated carbocycles. The lowest BCUT2D eigenvalue weighted by atomic mass is 9.91. The Balaban J connectivity index is 0.000000741. The van der Waals surface area contributed by atoms with Crippen LogP contribution in [0.2, 0.25) is 0 Å². The van der Waals surface area contributed by atoms with Crippen LogP contribution in [0.15, 0.2) is 12.1 Å². The highest BCUT2D eigenvalue weighted by Gasteiger charge is 2.17. The third kappa shape index (κ3) is 4.34. The summed E-state index contributed by atoms with van der Waals surface area (Å²) in [4.78, 5) is 4.63. The van der Waals surface area contributed by atoms with E-state index in [0.717, 1.165) is 22.7 Å². The molecular weight excluding hydrogens is 234 g/mol. The third-order valence-electron chi connectivity index (χ3n) is 2.50. The second-order valence-corrected chi connectivity index (χ2v) is 5.09. The number of aromatic nitrogens is 3. The SMILES string of the molecule is CC.CC.Cc1cc2nc(C(C)(C)C)cc(C)n2n1. The molecule has 3 nitrogen and oxygen atoms in total. The van der Waals surface area contributed by atoms with Crippen LogP contribution in [0.3, 0.4) is 0 Å². The van der Waals surface area contributed by atoms with Gasteiger partial charge < -0.3 is 0 Å². The van der Waals surface area contributed by atoms with Gasteiger partial charge in [0, 0.05) is 17.2 Å². The number of fused-ring (bicyclic) bond motifs is 1. The van der Waals surface area contributed by atoms with Crippen molar-refractivity contribution < 1.29 is 0 Å². The van der Waals surface area contributed by atoms with Gasteiger partial charge in [0.05, 0.1) is 11.4 Å². The molecule has 0 fully saturated rings. The zero-order chi connectivity index (χ0) is 15.2. The number of aryl methyl sites for hydroxylation is 2. The van der Waals surface area contributed by atoms with E-state index in [1.165, 1.54) is 0 Å². The van der Waals surface area contributed by atoms with Crippen LogP contribution in [0.5, 0.6) is 0 Å². The Labute approximate surface area is 118 Å². The van der Waals surface area contributed by atoms with Crippen LogP contribution in [-0.2, 0) is 5.41 Å². The fourth-order valence-corrected chi connectivity index (χ4v) is 1.62. The van der Waals surface area contributed by atoms with Crippen molar-refractivity contribution in [2.75, 3.05) is 0 Å². The minimum atomic E-state index is 0.0880. The van der Waals surface area contributed by atoms with Gasteiger partial charge in [0.2, 0.25) is 0 Å². The molecule has 2 rings (SSSR count). The molecule has 0 amide bonds. The first-order chi connectivity index (χ1) is 8.88. The molecule has 0 spiro atoms. The van der Waals surface area contributed by atoms with Crippen molar-refractivity contribution in [2.24, 2.45) is 0 Å². The van der Waals surface area contributed by atoms with Crippen molar-refractivity contribution in [2.45, 2.75) is 67.7 Å². The van der Waals surface area contributed by atoms with Crippen molar-refractivity contribution >= 4 is 5.65 Å². The fraction of sp³-hybridized carbons (Fsp3) is 0.625. The summed E-state index contributed by atoms with van der Waals surface area (Å²) in [5, 5.41) is 4.39. The highest BCUT2D eigenvalue weighted by Crippen LogP contribution is 2.21. The molecule has 19 heavy (non-hydrogen) atoms. The van der Waals surface area contributed by atoms with Crippen LogP contribution in [-0.4, -0.2) is 14.6 Å². The summed E-state index contributed by atoms with van der Waals surface area (Å²) in [5.74, 6) is 0. The van der Waals surface area contributed by atoms with E-state index in [0.29, 0.717) is 0 Å². The molecule has 0 unspecified atom stereocenters. The van der Waals surface area contributed by atoms with E-state index in [4.69, 9.17) is 0 Å². The summed E-state index contributed by atoms with van der Waals surface area (Å²) in [6.45, 7) is 18.6. The topological polar surface area (TPSA) is 30.2 Å². The molecule has 0 atom stereocenters. The molecule has 0 bridgehead atoms. The second-order valence-electron chi connectivity index (χ2n) is 5.09. The van der Waals surface area contributed by atoms with Crippen molar-refractivity contribution in [1.82, 2.24) is 14.6 Å². The van der Waals surface area contributed by atoms with Crippen molar-refractivity contribution in [3.05, 3.63) is 29.2 Å². The van der Waals surface area contributed by atoms with E-state index < -0.39 is 0 Å². The summed E-state index contributed by atoms with van der Waals surface area (Å²) < 4.78 is 1.89. The smallest absolute Gasteiger partial charge is 0.155 e. The van der Waals surface area contributed by atoms with Gasteiger partial charge in [-0.25, -0.2) is 9.50 Å². The first kappa shape index (κ1) is 17.6. The standard InChI is InChI=1S/C12H17N3.2C2H6/c1-8-6-11-13-10(12(3,4)5)7-9(2)15(11)14-8;2*1-2/h6-7H,1-5H3;2*1-2H3. The number of hydrogen-bond acceptors (Lipinski definition) is 2. The number of rotatable bonds is 0. The normalized spacial score (nSPS) is 10.4. The van der Waals surface area contributed by atoms with Crippen LogP contribution in [0.25, 0.3) is 5.65 Å². The molecule has 108 valence electrons. The largest absolute Gasteiger partial charge is 0.233 e. The predicted octanol–water partition coefficient (Wildman–Crippen LogP) is 4.70. The quantitative estimate of drug-likeness (QED) is 0.690. The first-order valence-electron chi connectivity index (χ1n) is 7.22. The van der Waals surface area contributed by atoms with Gasteiger partial charge >= 0.3 is 0 Å². The van der Waals surface area contributed by atoms with E-state index in [9.17, 15) is 0 Å². The summed E-state index contributed by atoms with van der Waals surface area (Å²) >= 11 is 0. The molecular formula is C16H29N3. The Morgan fingerprint density at radius 2 is 1.47 bits per heavy atom. The minimum absolute atomic E-state index is 0.0880. The molecule has 2 aromatic rings. The van der Waals surface area contributed by atoms with Gasteiger partial charge in [-0.15, -0.1) is 0 Å². The monoisotopic (exact) mass is 263 g/mol. The number of hydrogen-bond donors (Lipinski definition) is 0. The molecule has 0 aliphatic carbocycles. The Morgan fingerprint density at radius 3 is 1.95 bits per heavy atom. The average molecular weight is 263 g/mol. The zero-order valence-corrected chi connectivity index (χ0v) is 14.0. The van der Waals surface area contributed by atoms with Crippen molar-refractivity contribution in [3.63, 3.8) is 0 Å². The van der Waals surface area contributed by atoms with Crippen LogP contribution in [0.4, 0.5) is 0 Å². The maximum atomic E-state index is 4.63. The fourth-order valence-electron chi connectivity index (χ4n) is 1.62. The summed E-state index contributed by atoms with van der Waals surface area (Å²) in [6, 6.07) is 4.13. The summed E-state index contributed by atoms with van der Waals surface area (Å²) in [6.07, 6.45) is 0. The lowest BCUT2D eigenvalue weighted by Gasteiger charge is -2.18. The van der Waals surface area contributed by atoms with E-state index in [-0.39, 0.29) is 5.41 Å². The Morgan fingerprint density at radius 1 is 0.947 bits per heavy atom. The molecule has 0 radical (unpaired) electrons. The van der Waals surface area contributed by atoms with Crippen LogP contribution in [0, 0.1) is 13.8 Å². The van der Waals surface area contributed by atoms with Crippen molar-refractivity contribution in [1.29, 1.82) is 0 Å². The van der Waals surface area contributed by atoms with Gasteiger partial charge in [-0.1, -0.05) is 48.5 Å². The maximum Gasteiger partial charge on any atom is 0.155 e. The summed E-state index contributed by atoms with van der Waals surface area (Å²) in [7, 11) is 0. The van der Waals surface area contributed by atoms with Gasteiger partial charge in [0.15, 0.2) is 5.65 Å².